The lowest BCUT2D eigenvalue weighted by atomic mass is 10.1. The molecule has 0 saturated heterocycles. The minimum absolute atomic E-state index is 0.0603. The van der Waals surface area contributed by atoms with Gasteiger partial charge in [0.1, 0.15) is 0 Å². The Labute approximate surface area is 96.4 Å². The fraction of sp³-hybridized carbons (Fsp3) is 0.417. The average Bonchev–Trinajstić information content (AvgIpc) is 2.27. The van der Waals surface area contributed by atoms with Crippen LogP contribution in [0.15, 0.2) is 18.2 Å². The Kier molecular flexibility index (Phi) is 4.17. The number of aryl methyl sites for hydroxylation is 1. The first-order chi connectivity index (χ1) is 7.56. The van der Waals surface area contributed by atoms with Gasteiger partial charge in [-0.3, -0.25) is 4.79 Å². The number of carbonyl (C=O) groups excluding carboxylic acids is 1. The van der Waals surface area contributed by atoms with E-state index in [-0.39, 0.29) is 12.5 Å². The zero-order valence-corrected chi connectivity index (χ0v) is 10.1. The van der Waals surface area contributed by atoms with Crippen molar-refractivity contribution in [2.45, 2.75) is 13.8 Å². The largest absolute Gasteiger partial charge is 0.397 e. The second-order valence-electron chi connectivity index (χ2n) is 3.80. The molecule has 0 aromatic heterocycles. The van der Waals surface area contributed by atoms with Crippen molar-refractivity contribution in [3.63, 3.8) is 0 Å². The molecule has 1 amide bonds. The van der Waals surface area contributed by atoms with Crippen molar-refractivity contribution in [2.75, 3.05) is 31.2 Å². The first-order valence-corrected chi connectivity index (χ1v) is 5.39. The van der Waals surface area contributed by atoms with Crippen LogP contribution in [0.5, 0.6) is 0 Å². The second kappa shape index (κ2) is 5.39. The van der Waals surface area contributed by atoms with Crippen LogP contribution in [0.2, 0.25) is 0 Å². The van der Waals surface area contributed by atoms with Crippen LogP contribution in [0.25, 0.3) is 0 Å². The first-order valence-electron chi connectivity index (χ1n) is 5.39. The van der Waals surface area contributed by atoms with Crippen LogP contribution in [0.3, 0.4) is 0 Å². The van der Waals surface area contributed by atoms with Crippen molar-refractivity contribution in [1.82, 2.24) is 4.90 Å². The molecular weight excluding hydrogens is 202 g/mol. The number of nitrogens with zero attached hydrogens (tertiary/aromatic N) is 1. The summed E-state index contributed by atoms with van der Waals surface area (Å²) in [6.07, 6.45) is 0. The number of likely N-dealkylation sites (N-methyl/N-ethyl adjacent to an activating group) is 1. The van der Waals surface area contributed by atoms with Crippen LogP contribution in [-0.4, -0.2) is 30.9 Å². The molecule has 1 aromatic carbocycles. The van der Waals surface area contributed by atoms with Gasteiger partial charge in [-0.15, -0.1) is 0 Å². The van der Waals surface area contributed by atoms with E-state index in [2.05, 4.69) is 5.32 Å². The van der Waals surface area contributed by atoms with E-state index in [1.54, 1.807) is 11.9 Å². The summed E-state index contributed by atoms with van der Waals surface area (Å²) in [5.41, 5.74) is 8.40. The maximum absolute atomic E-state index is 11.6. The molecule has 0 saturated carbocycles. The number of nitrogen functional groups attached to an aromatic ring is 1. The van der Waals surface area contributed by atoms with Gasteiger partial charge in [-0.1, -0.05) is 12.1 Å². The first kappa shape index (κ1) is 12.4. The fourth-order valence-electron chi connectivity index (χ4n) is 1.41. The van der Waals surface area contributed by atoms with Crippen LogP contribution in [0.1, 0.15) is 12.5 Å². The topological polar surface area (TPSA) is 58.4 Å². The Bertz CT molecular complexity index is 356. The summed E-state index contributed by atoms with van der Waals surface area (Å²) < 4.78 is 0. The van der Waals surface area contributed by atoms with Crippen molar-refractivity contribution in [2.24, 2.45) is 0 Å². The predicted molar refractivity (Wildman–Crippen MR) is 67.4 cm³/mol. The summed E-state index contributed by atoms with van der Waals surface area (Å²) in [5.74, 6) is 0.0603. The summed E-state index contributed by atoms with van der Waals surface area (Å²) >= 11 is 0. The average molecular weight is 221 g/mol. The van der Waals surface area contributed by atoms with E-state index >= 15 is 0 Å². The third-order valence-corrected chi connectivity index (χ3v) is 2.62. The van der Waals surface area contributed by atoms with E-state index < -0.39 is 0 Å². The second-order valence-corrected chi connectivity index (χ2v) is 3.80. The quantitative estimate of drug-likeness (QED) is 0.757. The number of hydrogen-bond donors (Lipinski definition) is 2. The van der Waals surface area contributed by atoms with Crippen LogP contribution in [0, 0.1) is 6.92 Å². The third-order valence-electron chi connectivity index (χ3n) is 2.62. The number of rotatable bonds is 4. The van der Waals surface area contributed by atoms with Gasteiger partial charge in [0.15, 0.2) is 0 Å². The van der Waals surface area contributed by atoms with E-state index in [0.29, 0.717) is 12.2 Å². The molecule has 3 N–H and O–H groups in total. The van der Waals surface area contributed by atoms with E-state index in [9.17, 15) is 4.79 Å². The highest BCUT2D eigenvalue weighted by Gasteiger charge is 2.08. The van der Waals surface area contributed by atoms with Crippen molar-refractivity contribution in [3.05, 3.63) is 23.8 Å². The number of nitrogens with two attached hydrogens (primary N) is 1. The van der Waals surface area contributed by atoms with Gasteiger partial charge >= 0.3 is 0 Å². The predicted octanol–water partition coefficient (Wildman–Crippen LogP) is 1.47. The number of amides is 1. The zero-order chi connectivity index (χ0) is 12.1. The molecule has 1 aromatic rings. The summed E-state index contributed by atoms with van der Waals surface area (Å²) in [6, 6.07) is 5.69. The van der Waals surface area contributed by atoms with Crippen molar-refractivity contribution in [1.29, 1.82) is 0 Å². The molecule has 0 radical (unpaired) electrons. The summed E-state index contributed by atoms with van der Waals surface area (Å²) in [7, 11) is 1.78. The van der Waals surface area contributed by atoms with Gasteiger partial charge in [-0.2, -0.15) is 0 Å². The van der Waals surface area contributed by atoms with Gasteiger partial charge in [0, 0.05) is 13.6 Å². The highest BCUT2D eigenvalue weighted by Crippen LogP contribution is 2.21. The van der Waals surface area contributed by atoms with Crippen molar-refractivity contribution < 1.29 is 4.79 Å². The molecule has 88 valence electrons. The lowest BCUT2D eigenvalue weighted by molar-refractivity contribution is -0.127. The lowest BCUT2D eigenvalue weighted by Gasteiger charge is -2.17. The Balaban J connectivity index is 2.65. The zero-order valence-electron chi connectivity index (χ0n) is 10.1. The number of carbonyl (C=O) groups is 1. The monoisotopic (exact) mass is 221 g/mol. The standard InChI is InChI=1S/C12H19N3O/c1-4-15(3)11(16)8-14-12-9(2)6-5-7-10(12)13/h5-7,14H,4,8,13H2,1-3H3. The number of nitrogens with one attached hydrogen (secondary N) is 1. The fourth-order valence-corrected chi connectivity index (χ4v) is 1.41. The maximum Gasteiger partial charge on any atom is 0.241 e. The van der Waals surface area contributed by atoms with Gasteiger partial charge in [-0.25, -0.2) is 0 Å². The summed E-state index contributed by atoms with van der Waals surface area (Å²) in [5, 5.41) is 3.08. The third kappa shape index (κ3) is 2.89. The molecule has 0 fully saturated rings. The van der Waals surface area contributed by atoms with Crippen LogP contribution in [-0.2, 0) is 4.79 Å². The molecular formula is C12H19N3O. The van der Waals surface area contributed by atoms with Gasteiger partial charge in [-0.05, 0) is 25.5 Å². The normalized spacial score (nSPS) is 9.94. The van der Waals surface area contributed by atoms with Gasteiger partial charge < -0.3 is 16.0 Å². The van der Waals surface area contributed by atoms with Crippen molar-refractivity contribution in [3.8, 4) is 0 Å². The van der Waals surface area contributed by atoms with Crippen LogP contribution in [0.4, 0.5) is 11.4 Å². The van der Waals surface area contributed by atoms with E-state index in [4.69, 9.17) is 5.73 Å². The molecule has 4 nitrogen and oxygen atoms in total. The molecule has 0 spiro atoms. The molecule has 0 aliphatic rings. The van der Waals surface area contributed by atoms with Crippen molar-refractivity contribution >= 4 is 17.3 Å². The minimum Gasteiger partial charge on any atom is -0.397 e. The molecule has 16 heavy (non-hydrogen) atoms. The maximum atomic E-state index is 11.6. The minimum atomic E-state index is 0.0603. The molecule has 1 rings (SSSR count). The van der Waals surface area contributed by atoms with E-state index in [1.807, 2.05) is 32.0 Å². The molecule has 0 aliphatic heterocycles. The molecule has 0 aliphatic carbocycles. The van der Waals surface area contributed by atoms with E-state index in [0.717, 1.165) is 11.3 Å². The SMILES string of the molecule is CCN(C)C(=O)CNc1c(C)cccc1N. The van der Waals surface area contributed by atoms with Gasteiger partial charge in [0.25, 0.3) is 0 Å². The Morgan fingerprint density at radius 1 is 1.50 bits per heavy atom. The van der Waals surface area contributed by atoms with Gasteiger partial charge in [0.2, 0.25) is 5.91 Å². The molecule has 4 heteroatoms. The lowest BCUT2D eigenvalue weighted by Crippen LogP contribution is -2.32. The highest BCUT2D eigenvalue weighted by atomic mass is 16.2. The summed E-state index contributed by atoms with van der Waals surface area (Å²) in [6.45, 7) is 4.90. The Morgan fingerprint density at radius 3 is 2.75 bits per heavy atom. The molecule has 0 unspecified atom stereocenters. The Hall–Kier alpha value is -1.71. The Morgan fingerprint density at radius 2 is 2.19 bits per heavy atom. The van der Waals surface area contributed by atoms with Crippen LogP contribution >= 0.6 is 0 Å². The number of anilines is 2. The molecule has 0 atom stereocenters. The highest BCUT2D eigenvalue weighted by molar-refractivity contribution is 5.82. The van der Waals surface area contributed by atoms with Crippen LogP contribution < -0.4 is 11.1 Å². The molecule has 0 heterocycles. The number of para-hydroxylation sites is 1. The molecule has 0 bridgehead atoms. The van der Waals surface area contributed by atoms with Gasteiger partial charge in [0.05, 0.1) is 17.9 Å². The van der Waals surface area contributed by atoms with E-state index in [1.165, 1.54) is 0 Å². The number of benzene rings is 1. The smallest absolute Gasteiger partial charge is 0.241 e. The number of hydrogen-bond acceptors (Lipinski definition) is 3. The summed E-state index contributed by atoms with van der Waals surface area (Å²) in [4.78, 5) is 13.3.